The number of hydrogen-bond acceptors (Lipinski definition) is 3. The van der Waals surface area contributed by atoms with E-state index in [1.807, 2.05) is 31.3 Å². The van der Waals surface area contributed by atoms with Crippen LogP contribution in [0.4, 0.5) is 5.69 Å². The molecule has 0 saturated carbocycles. The molecule has 0 amide bonds. The van der Waals surface area contributed by atoms with Crippen molar-refractivity contribution in [3.63, 3.8) is 0 Å². The number of halogens is 2. The summed E-state index contributed by atoms with van der Waals surface area (Å²) in [5, 5.41) is 0. The lowest BCUT2D eigenvalue weighted by molar-refractivity contribution is 0.309. The molecule has 0 aliphatic heterocycles. The summed E-state index contributed by atoms with van der Waals surface area (Å²) in [5.41, 5.74) is 3.06. The van der Waals surface area contributed by atoms with Gasteiger partial charge in [0.05, 0.1) is 23.9 Å². The molecule has 0 radical (unpaired) electrons. The fourth-order valence-electron chi connectivity index (χ4n) is 2.01. The number of hydrogen-bond donors (Lipinski definition) is 0. The second-order valence-electron chi connectivity index (χ2n) is 4.66. The SMILES string of the molecule is CCOc1c(Br)cc(C=Nc2ccc(I)cc2C)cc1OC. The summed E-state index contributed by atoms with van der Waals surface area (Å²) in [4.78, 5) is 4.56. The Labute approximate surface area is 153 Å². The summed E-state index contributed by atoms with van der Waals surface area (Å²) < 4.78 is 13.0. The largest absolute Gasteiger partial charge is 0.493 e. The first kappa shape index (κ1) is 17.3. The molecule has 0 fully saturated rings. The fourth-order valence-corrected chi connectivity index (χ4v) is 3.23. The van der Waals surface area contributed by atoms with Gasteiger partial charge in [-0.25, -0.2) is 0 Å². The van der Waals surface area contributed by atoms with E-state index < -0.39 is 0 Å². The molecule has 0 aliphatic carbocycles. The summed E-state index contributed by atoms with van der Waals surface area (Å²) in [6.07, 6.45) is 1.83. The minimum absolute atomic E-state index is 0.588. The number of nitrogens with zero attached hydrogens (tertiary/aromatic N) is 1. The molecule has 5 heteroatoms. The Hall–Kier alpha value is -1.08. The molecule has 0 unspecified atom stereocenters. The van der Waals surface area contributed by atoms with Crippen LogP contribution >= 0.6 is 38.5 Å². The monoisotopic (exact) mass is 473 g/mol. The van der Waals surface area contributed by atoms with Crippen molar-refractivity contribution < 1.29 is 9.47 Å². The number of rotatable bonds is 5. The Balaban J connectivity index is 2.33. The molecule has 0 bridgehead atoms. The Morgan fingerprint density at radius 1 is 1.27 bits per heavy atom. The van der Waals surface area contributed by atoms with Crippen molar-refractivity contribution in [1.82, 2.24) is 0 Å². The molecule has 2 rings (SSSR count). The predicted molar refractivity (Wildman–Crippen MR) is 103 cm³/mol. The van der Waals surface area contributed by atoms with Crippen LogP contribution in [-0.4, -0.2) is 19.9 Å². The minimum Gasteiger partial charge on any atom is -0.493 e. The molecule has 3 nitrogen and oxygen atoms in total. The van der Waals surface area contributed by atoms with E-state index in [1.165, 1.54) is 3.57 Å². The Bertz CT molecular complexity index is 701. The van der Waals surface area contributed by atoms with E-state index >= 15 is 0 Å². The van der Waals surface area contributed by atoms with Crippen molar-refractivity contribution in [3.8, 4) is 11.5 Å². The first-order valence-corrected chi connectivity index (χ1v) is 8.73. The zero-order valence-electron chi connectivity index (χ0n) is 12.7. The number of methoxy groups -OCH3 is 1. The maximum atomic E-state index is 5.59. The molecular formula is C17H17BrINO2. The molecule has 2 aromatic carbocycles. The molecule has 0 saturated heterocycles. The number of aliphatic imine (C=N–C) groups is 1. The first-order chi connectivity index (χ1) is 10.5. The molecule has 116 valence electrons. The third-order valence-corrected chi connectivity index (χ3v) is 4.31. The Morgan fingerprint density at radius 3 is 2.68 bits per heavy atom. The van der Waals surface area contributed by atoms with Gasteiger partial charge in [0.2, 0.25) is 0 Å². The van der Waals surface area contributed by atoms with Gasteiger partial charge >= 0.3 is 0 Å². The number of aryl methyl sites for hydroxylation is 1. The molecule has 0 aromatic heterocycles. The van der Waals surface area contributed by atoms with Crippen molar-refractivity contribution >= 4 is 50.4 Å². The van der Waals surface area contributed by atoms with Gasteiger partial charge in [0.1, 0.15) is 0 Å². The van der Waals surface area contributed by atoms with Crippen molar-refractivity contribution in [2.24, 2.45) is 4.99 Å². The lowest BCUT2D eigenvalue weighted by Crippen LogP contribution is -1.97. The van der Waals surface area contributed by atoms with Crippen LogP contribution in [0.1, 0.15) is 18.1 Å². The molecule has 22 heavy (non-hydrogen) atoms. The highest BCUT2D eigenvalue weighted by Crippen LogP contribution is 2.36. The summed E-state index contributed by atoms with van der Waals surface area (Å²) >= 11 is 5.82. The van der Waals surface area contributed by atoms with E-state index in [0.29, 0.717) is 18.1 Å². The van der Waals surface area contributed by atoms with Gasteiger partial charge in [-0.3, -0.25) is 4.99 Å². The van der Waals surface area contributed by atoms with Gasteiger partial charge in [-0.1, -0.05) is 0 Å². The molecular weight excluding hydrogens is 457 g/mol. The summed E-state index contributed by atoms with van der Waals surface area (Å²) in [7, 11) is 1.63. The van der Waals surface area contributed by atoms with Crippen LogP contribution in [0, 0.1) is 10.5 Å². The van der Waals surface area contributed by atoms with Crippen LogP contribution in [0.15, 0.2) is 39.8 Å². The van der Waals surface area contributed by atoms with Gasteiger partial charge in [0, 0.05) is 9.78 Å². The van der Waals surface area contributed by atoms with Gasteiger partial charge in [0.25, 0.3) is 0 Å². The third kappa shape index (κ3) is 4.23. The molecule has 0 spiro atoms. The summed E-state index contributed by atoms with van der Waals surface area (Å²) in [5.74, 6) is 1.41. The van der Waals surface area contributed by atoms with Gasteiger partial charge in [0.15, 0.2) is 11.5 Å². The highest BCUT2D eigenvalue weighted by molar-refractivity contribution is 14.1. The van der Waals surface area contributed by atoms with Crippen LogP contribution in [-0.2, 0) is 0 Å². The standard InChI is InChI=1S/C17H17BrINO2/c1-4-22-17-14(18)8-12(9-16(17)21-3)10-20-15-6-5-13(19)7-11(15)2/h5-10H,4H2,1-3H3. The quantitative estimate of drug-likeness (QED) is 0.422. The summed E-state index contributed by atoms with van der Waals surface area (Å²) in [6, 6.07) is 10.1. The predicted octanol–water partition coefficient (Wildman–Crippen LogP) is 5.52. The molecule has 2 aromatic rings. The number of benzene rings is 2. The van der Waals surface area contributed by atoms with Crippen LogP contribution < -0.4 is 9.47 Å². The van der Waals surface area contributed by atoms with Gasteiger partial charge < -0.3 is 9.47 Å². The van der Waals surface area contributed by atoms with Gasteiger partial charge in [-0.2, -0.15) is 0 Å². The lowest BCUT2D eigenvalue weighted by Gasteiger charge is -2.12. The van der Waals surface area contributed by atoms with Crippen LogP contribution in [0.5, 0.6) is 11.5 Å². The van der Waals surface area contributed by atoms with E-state index in [1.54, 1.807) is 7.11 Å². The van der Waals surface area contributed by atoms with Gasteiger partial charge in [-0.15, -0.1) is 0 Å². The Kier molecular flexibility index (Phi) is 6.26. The zero-order chi connectivity index (χ0) is 16.1. The van der Waals surface area contributed by atoms with Crippen molar-refractivity contribution in [3.05, 3.63) is 49.5 Å². The molecule has 0 atom stereocenters. The molecule has 0 N–H and O–H groups in total. The van der Waals surface area contributed by atoms with E-state index in [-0.39, 0.29) is 0 Å². The van der Waals surface area contributed by atoms with E-state index in [2.05, 4.69) is 62.6 Å². The van der Waals surface area contributed by atoms with Crippen molar-refractivity contribution in [2.45, 2.75) is 13.8 Å². The summed E-state index contributed by atoms with van der Waals surface area (Å²) in [6.45, 7) is 4.59. The highest BCUT2D eigenvalue weighted by Gasteiger charge is 2.10. The average molecular weight is 474 g/mol. The van der Waals surface area contributed by atoms with Crippen LogP contribution in [0.3, 0.4) is 0 Å². The molecule has 0 heterocycles. The second-order valence-corrected chi connectivity index (χ2v) is 6.76. The Morgan fingerprint density at radius 2 is 2.05 bits per heavy atom. The van der Waals surface area contributed by atoms with Crippen molar-refractivity contribution in [1.29, 1.82) is 0 Å². The van der Waals surface area contributed by atoms with Crippen molar-refractivity contribution in [2.75, 3.05) is 13.7 Å². The van der Waals surface area contributed by atoms with E-state index in [4.69, 9.17) is 9.47 Å². The smallest absolute Gasteiger partial charge is 0.175 e. The van der Waals surface area contributed by atoms with E-state index in [9.17, 15) is 0 Å². The average Bonchev–Trinajstić information content (AvgIpc) is 2.48. The van der Waals surface area contributed by atoms with E-state index in [0.717, 1.165) is 21.3 Å². The van der Waals surface area contributed by atoms with Crippen LogP contribution in [0.25, 0.3) is 0 Å². The highest BCUT2D eigenvalue weighted by atomic mass is 127. The minimum atomic E-state index is 0.588. The topological polar surface area (TPSA) is 30.8 Å². The fraction of sp³-hybridized carbons (Fsp3) is 0.235. The zero-order valence-corrected chi connectivity index (χ0v) is 16.4. The maximum Gasteiger partial charge on any atom is 0.175 e. The lowest BCUT2D eigenvalue weighted by atomic mass is 10.2. The normalized spacial score (nSPS) is 11.0. The second kappa shape index (κ2) is 7.97. The third-order valence-electron chi connectivity index (χ3n) is 3.05. The van der Waals surface area contributed by atoms with Crippen LogP contribution in [0.2, 0.25) is 0 Å². The first-order valence-electron chi connectivity index (χ1n) is 6.85. The maximum absolute atomic E-state index is 5.59. The van der Waals surface area contributed by atoms with Gasteiger partial charge in [-0.05, 0) is 93.8 Å². The number of ether oxygens (including phenoxy) is 2. The molecule has 0 aliphatic rings.